The van der Waals surface area contributed by atoms with Crippen LogP contribution >= 0.6 is 0 Å². The fourth-order valence-electron chi connectivity index (χ4n) is 4.15. The Bertz CT molecular complexity index is 541. The number of unbranched alkanes of at least 4 members (excludes halogenated alkanes) is 1. The number of fused-ring (bicyclic) bond motifs is 1. The van der Waals surface area contributed by atoms with Crippen LogP contribution in [0.25, 0.3) is 0 Å². The van der Waals surface area contributed by atoms with Gasteiger partial charge in [0, 0.05) is 38.6 Å². The van der Waals surface area contributed by atoms with Crippen LogP contribution in [0.3, 0.4) is 0 Å². The van der Waals surface area contributed by atoms with Crippen LogP contribution in [0.15, 0.2) is 30.4 Å². The van der Waals surface area contributed by atoms with Gasteiger partial charge in [-0.15, -0.1) is 0 Å². The van der Waals surface area contributed by atoms with Crippen LogP contribution in [-0.4, -0.2) is 16.3 Å². The van der Waals surface area contributed by atoms with Crippen LogP contribution in [-0.2, 0) is 39.1 Å². The summed E-state index contributed by atoms with van der Waals surface area (Å²) in [6.45, 7) is 7.86. The molecule has 0 bridgehead atoms. The molecule has 1 aromatic carbocycles. The third-order valence-electron chi connectivity index (χ3n) is 5.33. The average Bonchev–Trinajstić information content (AvgIpc) is 3.16. The van der Waals surface area contributed by atoms with Crippen molar-refractivity contribution in [3.63, 3.8) is 0 Å². The molecule has 0 aromatic heterocycles. The molecule has 1 aromatic rings. The van der Waals surface area contributed by atoms with Crippen LogP contribution < -0.4 is 0 Å². The number of aryl methyl sites for hydroxylation is 1. The molecule has 0 aliphatic heterocycles. The number of benzene rings is 1. The van der Waals surface area contributed by atoms with E-state index in [4.69, 9.17) is 0 Å². The SMILES string of the molecule is CC.[CH2-]CCC=CC[C@H]1CC[C@@H](O)[C@@H]1c1ccc2c(c1)CCC2O.[Y]. The second-order valence-electron chi connectivity index (χ2n) is 6.79. The number of hydrogen-bond acceptors (Lipinski definition) is 2. The van der Waals surface area contributed by atoms with Crippen molar-refractivity contribution in [2.24, 2.45) is 5.92 Å². The molecule has 3 rings (SSSR count). The Hall–Kier alpha value is -0.0161. The fourth-order valence-corrected chi connectivity index (χ4v) is 4.15. The predicted molar refractivity (Wildman–Crippen MR) is 101 cm³/mol. The van der Waals surface area contributed by atoms with Gasteiger partial charge in [-0.25, -0.2) is 0 Å². The van der Waals surface area contributed by atoms with Crippen molar-refractivity contribution in [1.29, 1.82) is 0 Å². The second kappa shape index (κ2) is 11.6. The summed E-state index contributed by atoms with van der Waals surface area (Å²) in [5.41, 5.74) is 3.62. The summed E-state index contributed by atoms with van der Waals surface area (Å²) in [4.78, 5) is 0. The summed E-state index contributed by atoms with van der Waals surface area (Å²) in [7, 11) is 0. The summed E-state index contributed by atoms with van der Waals surface area (Å²) >= 11 is 0. The Kier molecular flexibility index (Phi) is 10.7. The van der Waals surface area contributed by atoms with E-state index in [-0.39, 0.29) is 50.8 Å². The van der Waals surface area contributed by atoms with Crippen molar-refractivity contribution in [2.45, 2.75) is 76.9 Å². The van der Waals surface area contributed by atoms with Crippen molar-refractivity contribution < 1.29 is 42.9 Å². The molecule has 1 fully saturated rings. The maximum Gasteiger partial charge on any atom is 0.0795 e. The van der Waals surface area contributed by atoms with Crippen LogP contribution in [0.5, 0.6) is 0 Å². The van der Waals surface area contributed by atoms with Crippen LogP contribution in [0, 0.1) is 12.8 Å². The van der Waals surface area contributed by atoms with Gasteiger partial charge in [0.15, 0.2) is 0 Å². The molecule has 0 saturated heterocycles. The molecule has 2 aliphatic rings. The van der Waals surface area contributed by atoms with E-state index in [1.54, 1.807) is 0 Å². The van der Waals surface area contributed by atoms with Crippen molar-refractivity contribution in [3.8, 4) is 0 Å². The first-order valence-corrected chi connectivity index (χ1v) is 9.63. The molecule has 2 nitrogen and oxygen atoms in total. The van der Waals surface area contributed by atoms with Crippen molar-refractivity contribution in [3.05, 3.63) is 54.0 Å². The van der Waals surface area contributed by atoms with E-state index in [0.717, 1.165) is 50.5 Å². The molecular weight excluding hydrogens is 385 g/mol. The Labute approximate surface area is 179 Å². The van der Waals surface area contributed by atoms with Crippen molar-refractivity contribution in [2.75, 3.05) is 0 Å². The number of rotatable bonds is 5. The number of hydrogen-bond donors (Lipinski definition) is 2. The predicted octanol–water partition coefficient (Wildman–Crippen LogP) is 5.10. The summed E-state index contributed by atoms with van der Waals surface area (Å²) < 4.78 is 0. The van der Waals surface area contributed by atoms with Gasteiger partial charge in [0.1, 0.15) is 0 Å². The summed E-state index contributed by atoms with van der Waals surface area (Å²) in [6.07, 6.45) is 10.8. The molecule has 0 amide bonds. The van der Waals surface area contributed by atoms with Crippen LogP contribution in [0.1, 0.15) is 81.1 Å². The number of aliphatic hydroxyl groups excluding tert-OH is 2. The monoisotopic (exact) mass is 418 g/mol. The molecule has 2 aliphatic carbocycles. The average molecular weight is 418 g/mol. The molecule has 1 saturated carbocycles. The summed E-state index contributed by atoms with van der Waals surface area (Å²) in [5, 5.41) is 20.4. The minimum Gasteiger partial charge on any atom is -0.392 e. The van der Waals surface area contributed by atoms with Crippen molar-refractivity contribution >= 4 is 0 Å². The minimum absolute atomic E-state index is 0. The third-order valence-corrected chi connectivity index (χ3v) is 5.33. The zero-order chi connectivity index (χ0) is 17.5. The minimum atomic E-state index is -0.293. The van der Waals surface area contributed by atoms with Gasteiger partial charge in [-0.05, 0) is 54.7 Å². The molecule has 4 atom stereocenters. The van der Waals surface area contributed by atoms with E-state index in [1.165, 1.54) is 11.1 Å². The van der Waals surface area contributed by atoms with Gasteiger partial charge in [-0.3, -0.25) is 0 Å². The zero-order valence-corrected chi connectivity index (χ0v) is 18.7. The zero-order valence-electron chi connectivity index (χ0n) is 15.8. The van der Waals surface area contributed by atoms with E-state index in [2.05, 4.69) is 37.3 Å². The van der Waals surface area contributed by atoms with Gasteiger partial charge in [-0.1, -0.05) is 50.6 Å². The number of allylic oxidation sites excluding steroid dienone is 2. The van der Waals surface area contributed by atoms with Gasteiger partial charge in [0.25, 0.3) is 0 Å². The van der Waals surface area contributed by atoms with E-state index in [1.807, 2.05) is 13.8 Å². The molecule has 2 N–H and O–H groups in total. The van der Waals surface area contributed by atoms with Gasteiger partial charge in [-0.2, -0.15) is 6.42 Å². The molecule has 3 heteroatoms. The fraction of sp³-hybridized carbons (Fsp3) is 0.591. The third kappa shape index (κ3) is 5.73. The van der Waals surface area contributed by atoms with Crippen LogP contribution in [0.4, 0.5) is 0 Å². The Morgan fingerprint density at radius 3 is 2.60 bits per heavy atom. The molecule has 1 radical (unpaired) electrons. The quantitative estimate of drug-likeness (QED) is 0.516. The smallest absolute Gasteiger partial charge is 0.0795 e. The normalized spacial score (nSPS) is 27.6. The first-order valence-electron chi connectivity index (χ1n) is 9.63. The summed E-state index contributed by atoms with van der Waals surface area (Å²) in [5.74, 6) is 0.771. The first-order chi connectivity index (χ1) is 11.7. The first kappa shape index (κ1) is 23.0. The molecule has 25 heavy (non-hydrogen) atoms. The molecule has 137 valence electrons. The number of aliphatic hydroxyl groups is 2. The van der Waals surface area contributed by atoms with E-state index in [0.29, 0.717) is 5.92 Å². The molecular formula is C22H33O2Y-. The Morgan fingerprint density at radius 1 is 1.12 bits per heavy atom. The maximum atomic E-state index is 10.4. The Morgan fingerprint density at radius 2 is 1.88 bits per heavy atom. The largest absolute Gasteiger partial charge is 0.392 e. The topological polar surface area (TPSA) is 40.5 Å². The standard InChI is InChI=1S/C20H27O2.C2H6.Y/c1-2-3-4-5-6-14-8-12-19(22)20(14)16-7-10-17-15(13-16)9-11-18(17)21;1-2;/h4-5,7,10,13-14,18-22H,1-3,6,8-9,11-12H2;1-2H3;/q-1;;/t14-,18?,19+,20-;;/m0../s1. The second-order valence-corrected chi connectivity index (χ2v) is 6.79. The van der Waals surface area contributed by atoms with E-state index in [9.17, 15) is 10.2 Å². The van der Waals surface area contributed by atoms with Crippen molar-refractivity contribution in [1.82, 2.24) is 0 Å². The summed E-state index contributed by atoms with van der Waals surface area (Å²) in [6, 6.07) is 6.43. The maximum absolute atomic E-state index is 10.4. The van der Waals surface area contributed by atoms with E-state index < -0.39 is 0 Å². The van der Waals surface area contributed by atoms with Gasteiger partial charge in [0.05, 0.1) is 12.2 Å². The molecule has 1 unspecified atom stereocenters. The molecule has 0 heterocycles. The molecule has 0 spiro atoms. The van der Waals surface area contributed by atoms with Gasteiger partial charge >= 0.3 is 0 Å². The van der Waals surface area contributed by atoms with E-state index >= 15 is 0 Å². The Balaban J connectivity index is 0.00000101. The van der Waals surface area contributed by atoms with Gasteiger partial charge < -0.3 is 17.1 Å². The van der Waals surface area contributed by atoms with Crippen LogP contribution in [0.2, 0.25) is 0 Å². The van der Waals surface area contributed by atoms with Gasteiger partial charge in [0.2, 0.25) is 0 Å².